The van der Waals surface area contributed by atoms with E-state index in [1.807, 2.05) is 44.2 Å². The molecule has 0 heterocycles. The van der Waals surface area contributed by atoms with E-state index < -0.39 is 59.7 Å². The number of aliphatic hydroxyl groups excluding tert-OH is 1. The third-order valence-electron chi connectivity index (χ3n) is 10.2. The van der Waals surface area contributed by atoms with Gasteiger partial charge in [-0.15, -0.1) is 0 Å². The predicted octanol–water partition coefficient (Wildman–Crippen LogP) is 6.27. The van der Waals surface area contributed by atoms with Gasteiger partial charge in [0.15, 0.2) is 0 Å². The summed E-state index contributed by atoms with van der Waals surface area (Å²) in [6, 6.07) is 6.78. The van der Waals surface area contributed by atoms with Gasteiger partial charge in [0.1, 0.15) is 24.3 Å². The predicted molar refractivity (Wildman–Crippen MR) is 214 cm³/mol. The van der Waals surface area contributed by atoms with Crippen LogP contribution < -0.4 is 26.6 Å². The Bertz CT molecular complexity index is 1300. The fourth-order valence-corrected chi connectivity index (χ4v) is 6.68. The molecule has 0 radical (unpaired) electrons. The molecule has 1 aliphatic rings. The van der Waals surface area contributed by atoms with Crippen LogP contribution in [-0.4, -0.2) is 77.9 Å². The highest BCUT2D eigenvalue weighted by molar-refractivity contribution is 5.91. The monoisotopic (exact) mass is 774 g/mol. The molecule has 13 heteroatoms. The number of carbonyl (C=O) groups is 5. The third kappa shape index (κ3) is 19.5. The Balaban J connectivity index is 2.13. The first kappa shape index (κ1) is 47.3. The summed E-state index contributed by atoms with van der Waals surface area (Å²) in [6.45, 7) is 13.9. The Hall–Kier alpha value is -3.87. The molecule has 13 nitrogen and oxygen atoms in total. The first-order chi connectivity index (χ1) is 26.1. The molecule has 0 unspecified atom stereocenters. The van der Waals surface area contributed by atoms with E-state index in [9.17, 15) is 29.1 Å². The summed E-state index contributed by atoms with van der Waals surface area (Å²) < 4.78 is 10.7. The van der Waals surface area contributed by atoms with E-state index >= 15 is 0 Å². The molecule has 312 valence electrons. The van der Waals surface area contributed by atoms with Gasteiger partial charge in [0.05, 0.1) is 12.1 Å². The Labute approximate surface area is 329 Å². The van der Waals surface area contributed by atoms with E-state index in [-0.39, 0.29) is 31.3 Å². The van der Waals surface area contributed by atoms with E-state index in [1.165, 1.54) is 6.42 Å². The molecule has 1 aromatic carbocycles. The highest BCUT2D eigenvalue weighted by atomic mass is 16.6. The Morgan fingerprint density at radius 2 is 1.49 bits per heavy atom. The van der Waals surface area contributed by atoms with Crippen molar-refractivity contribution >= 4 is 29.9 Å². The third-order valence-corrected chi connectivity index (χ3v) is 10.2. The maximum atomic E-state index is 14.1. The second-order valence-corrected chi connectivity index (χ2v) is 16.3. The molecule has 1 saturated carbocycles. The van der Waals surface area contributed by atoms with Crippen molar-refractivity contribution in [2.75, 3.05) is 13.1 Å². The highest BCUT2D eigenvalue weighted by Crippen LogP contribution is 2.29. The zero-order chi connectivity index (χ0) is 40.8. The van der Waals surface area contributed by atoms with Gasteiger partial charge in [0, 0.05) is 19.0 Å². The van der Waals surface area contributed by atoms with Crippen molar-refractivity contribution in [3.8, 4) is 0 Å². The lowest BCUT2D eigenvalue weighted by Gasteiger charge is -2.33. The minimum atomic E-state index is -1.02. The summed E-state index contributed by atoms with van der Waals surface area (Å²) >= 11 is 0. The molecule has 1 aliphatic carbocycles. The van der Waals surface area contributed by atoms with Crippen LogP contribution in [0.1, 0.15) is 138 Å². The first-order valence-corrected chi connectivity index (χ1v) is 20.6. The molecule has 6 N–H and O–H groups in total. The van der Waals surface area contributed by atoms with Gasteiger partial charge in [-0.05, 0) is 76.7 Å². The lowest BCUT2D eigenvalue weighted by Crippen LogP contribution is -2.58. The summed E-state index contributed by atoms with van der Waals surface area (Å²) in [5, 5.41) is 25.8. The van der Waals surface area contributed by atoms with E-state index in [1.54, 1.807) is 27.7 Å². The van der Waals surface area contributed by atoms with Crippen LogP contribution in [-0.2, 0) is 30.5 Å². The van der Waals surface area contributed by atoms with Crippen LogP contribution >= 0.6 is 0 Å². The first-order valence-electron chi connectivity index (χ1n) is 20.6. The van der Waals surface area contributed by atoms with Crippen LogP contribution in [0.3, 0.4) is 0 Å². The standard InChI is InChI=1S/C42H71N5O8/c1-8-10-24-43-37(49)30(4)26-35(48)34(27-31-19-13-11-14-20-31)45-39(51)36(29(3)9-2)47-38(50)33(46-41(53)55-42(5,6)7)23-17-18-25-44-40(52)54-28-32-21-15-12-16-22-32/h12,15-16,21-22,29-31,33-36,48H,8-11,13-14,17-20,23-28H2,1-7H3,(H,43,49)(H,44,52)(H,45,51)(H,46,53)(H,47,50)/t29-,30+,33-,34-,35-,36-/m0/s1. The summed E-state index contributed by atoms with van der Waals surface area (Å²) in [6.07, 6.45) is 7.51. The molecular formula is C42H71N5O8. The van der Waals surface area contributed by atoms with Crippen molar-refractivity contribution in [3.05, 3.63) is 35.9 Å². The SMILES string of the molecule is CCCCNC(=O)[C@H](C)C[C@H](O)[C@H](CC1CCCCC1)NC(=O)[C@@H](NC(=O)[C@H](CCCCNC(=O)OCc1ccccc1)NC(=O)OC(C)(C)C)[C@@H](C)CC. The number of nitrogens with one attached hydrogen (secondary N) is 5. The van der Waals surface area contributed by atoms with Gasteiger partial charge >= 0.3 is 12.2 Å². The van der Waals surface area contributed by atoms with Crippen molar-refractivity contribution in [2.45, 2.75) is 168 Å². The lowest BCUT2D eigenvalue weighted by atomic mass is 9.82. The van der Waals surface area contributed by atoms with Crippen molar-refractivity contribution in [1.82, 2.24) is 26.6 Å². The van der Waals surface area contributed by atoms with Gasteiger partial charge in [-0.3, -0.25) is 14.4 Å². The summed E-state index contributed by atoms with van der Waals surface area (Å²) in [4.78, 5) is 65.8. The zero-order valence-corrected chi connectivity index (χ0v) is 34.5. The molecule has 0 saturated heterocycles. The zero-order valence-electron chi connectivity index (χ0n) is 34.5. The van der Waals surface area contributed by atoms with Crippen LogP contribution in [0.5, 0.6) is 0 Å². The largest absolute Gasteiger partial charge is 0.445 e. The van der Waals surface area contributed by atoms with Gasteiger partial charge in [-0.1, -0.05) is 103 Å². The van der Waals surface area contributed by atoms with Crippen LogP contribution in [0.15, 0.2) is 30.3 Å². The molecule has 0 spiro atoms. The number of amides is 5. The topological polar surface area (TPSA) is 184 Å². The van der Waals surface area contributed by atoms with Gasteiger partial charge in [-0.25, -0.2) is 9.59 Å². The maximum Gasteiger partial charge on any atom is 0.408 e. The molecular weight excluding hydrogens is 702 g/mol. The molecule has 0 aromatic heterocycles. The number of ether oxygens (including phenoxy) is 2. The number of unbranched alkanes of at least 4 members (excludes halogenated alkanes) is 2. The number of rotatable bonds is 23. The number of hydrogen-bond donors (Lipinski definition) is 6. The minimum absolute atomic E-state index is 0.123. The molecule has 6 atom stereocenters. The van der Waals surface area contributed by atoms with Crippen LogP contribution in [0.2, 0.25) is 0 Å². The van der Waals surface area contributed by atoms with Crippen LogP contribution in [0, 0.1) is 17.8 Å². The summed E-state index contributed by atoms with van der Waals surface area (Å²) in [5.41, 5.74) is 0.0766. The average molecular weight is 774 g/mol. The second kappa shape index (κ2) is 25.3. The van der Waals surface area contributed by atoms with Gasteiger partial charge in [0.25, 0.3) is 0 Å². The minimum Gasteiger partial charge on any atom is -0.445 e. The van der Waals surface area contributed by atoms with Crippen molar-refractivity contribution in [2.24, 2.45) is 17.8 Å². The van der Waals surface area contributed by atoms with Crippen LogP contribution in [0.4, 0.5) is 9.59 Å². The van der Waals surface area contributed by atoms with Gasteiger partial charge in [0.2, 0.25) is 17.7 Å². The number of aliphatic hydroxyl groups is 1. The Morgan fingerprint density at radius 3 is 2.13 bits per heavy atom. The molecule has 2 rings (SSSR count). The van der Waals surface area contributed by atoms with E-state index in [0.29, 0.717) is 44.7 Å². The number of alkyl carbamates (subject to hydrolysis) is 2. The van der Waals surface area contributed by atoms with Crippen molar-refractivity contribution in [3.63, 3.8) is 0 Å². The summed E-state index contributed by atoms with van der Waals surface area (Å²) in [5.74, 6) is -1.46. The van der Waals surface area contributed by atoms with Gasteiger partial charge in [-0.2, -0.15) is 0 Å². The van der Waals surface area contributed by atoms with Crippen LogP contribution in [0.25, 0.3) is 0 Å². The molecule has 1 aromatic rings. The quantitative estimate of drug-likeness (QED) is 0.0704. The number of hydrogen-bond acceptors (Lipinski definition) is 8. The molecule has 0 bridgehead atoms. The molecule has 55 heavy (non-hydrogen) atoms. The van der Waals surface area contributed by atoms with Crippen molar-refractivity contribution < 1.29 is 38.6 Å². The van der Waals surface area contributed by atoms with Crippen molar-refractivity contribution in [1.29, 1.82) is 0 Å². The lowest BCUT2D eigenvalue weighted by molar-refractivity contribution is -0.132. The number of carbonyl (C=O) groups excluding carboxylic acids is 5. The fraction of sp³-hybridized carbons (Fsp3) is 0.738. The average Bonchev–Trinajstić information content (AvgIpc) is 3.14. The fourth-order valence-electron chi connectivity index (χ4n) is 6.68. The molecule has 0 aliphatic heterocycles. The smallest absolute Gasteiger partial charge is 0.408 e. The highest BCUT2D eigenvalue weighted by Gasteiger charge is 2.34. The summed E-state index contributed by atoms with van der Waals surface area (Å²) in [7, 11) is 0. The van der Waals surface area contributed by atoms with E-state index in [4.69, 9.17) is 9.47 Å². The number of benzene rings is 1. The molecule has 5 amide bonds. The maximum absolute atomic E-state index is 14.1. The second-order valence-electron chi connectivity index (χ2n) is 16.3. The van der Waals surface area contributed by atoms with E-state index in [0.717, 1.165) is 44.1 Å². The van der Waals surface area contributed by atoms with E-state index in [2.05, 4.69) is 33.5 Å². The molecule has 1 fully saturated rings. The van der Waals surface area contributed by atoms with Gasteiger partial charge < -0.3 is 41.2 Å². The normalized spacial score (nSPS) is 16.7. The Kier molecular flexibility index (Phi) is 21.8. The Morgan fingerprint density at radius 1 is 0.818 bits per heavy atom.